The standard InChI is InChI=1S/C8H10I2O2Te/c1-5-3-8(13(2,9)10)7(12)4-6(5)11/h3-4,11-12H,1-2H3. The third-order valence-electron chi connectivity index (χ3n) is 1.66. The summed E-state index contributed by atoms with van der Waals surface area (Å²) in [5.41, 5.74) is 0.832. The first-order valence-electron chi connectivity index (χ1n) is 3.52. The molecule has 0 unspecified atom stereocenters. The number of phenolic OH excluding ortho intramolecular Hbond substituents is 2. The van der Waals surface area contributed by atoms with Crippen molar-refractivity contribution in [3.63, 3.8) is 0 Å². The molecule has 0 aliphatic rings. The van der Waals surface area contributed by atoms with Gasteiger partial charge in [-0.3, -0.25) is 0 Å². The summed E-state index contributed by atoms with van der Waals surface area (Å²) in [6, 6.07) is 3.33. The fourth-order valence-electron chi connectivity index (χ4n) is 0.946. The Balaban J connectivity index is 3.32. The van der Waals surface area contributed by atoms with Crippen LogP contribution in [0.25, 0.3) is 0 Å². The molecule has 0 saturated carbocycles. The maximum atomic E-state index is 9.63. The van der Waals surface area contributed by atoms with Crippen LogP contribution in [0.3, 0.4) is 0 Å². The summed E-state index contributed by atoms with van der Waals surface area (Å²) in [4.78, 5) is 2.19. The van der Waals surface area contributed by atoms with Crippen LogP contribution in [0.5, 0.6) is 11.5 Å². The second kappa shape index (κ2) is 4.29. The molecule has 74 valence electrons. The van der Waals surface area contributed by atoms with Gasteiger partial charge in [-0.25, -0.2) is 0 Å². The zero-order valence-corrected chi connectivity index (χ0v) is 13.9. The first-order chi connectivity index (χ1) is 5.82. The molecular weight excluding hydrogens is 509 g/mol. The molecular formula is C8H10I2O2Te. The predicted octanol–water partition coefficient (Wildman–Crippen LogP) is 2.56. The Morgan fingerprint density at radius 3 is 2.15 bits per heavy atom. The van der Waals surface area contributed by atoms with Crippen molar-refractivity contribution in [2.75, 3.05) is 0 Å². The van der Waals surface area contributed by atoms with Crippen molar-refractivity contribution < 1.29 is 10.2 Å². The molecule has 0 radical (unpaired) electrons. The summed E-state index contributed by atoms with van der Waals surface area (Å²) < 4.78 is 1.03. The van der Waals surface area contributed by atoms with E-state index >= 15 is 0 Å². The van der Waals surface area contributed by atoms with Crippen LogP contribution in [0.1, 0.15) is 5.56 Å². The van der Waals surface area contributed by atoms with E-state index in [9.17, 15) is 10.2 Å². The molecule has 0 aliphatic heterocycles. The SMILES string of the molecule is Cc1cc([Te](C)(I)I)c(O)cc1O. The molecule has 0 heterocycles. The molecule has 1 aromatic carbocycles. The van der Waals surface area contributed by atoms with Crippen molar-refractivity contribution in [2.24, 2.45) is 0 Å². The van der Waals surface area contributed by atoms with Gasteiger partial charge in [-0.2, -0.15) is 0 Å². The van der Waals surface area contributed by atoms with Crippen LogP contribution in [0, 0.1) is 6.92 Å². The minimum atomic E-state index is -2.07. The third kappa shape index (κ3) is 3.01. The van der Waals surface area contributed by atoms with E-state index in [4.69, 9.17) is 0 Å². The number of rotatable bonds is 1. The molecule has 0 aromatic heterocycles. The summed E-state index contributed by atoms with van der Waals surface area (Å²) in [5.74, 6) is 0.400. The molecule has 1 aromatic rings. The molecule has 0 bridgehead atoms. The Bertz CT molecular complexity index is 334. The first kappa shape index (κ1) is 12.1. The van der Waals surface area contributed by atoms with Crippen molar-refractivity contribution in [1.82, 2.24) is 0 Å². The van der Waals surface area contributed by atoms with Crippen molar-refractivity contribution >= 4 is 51.3 Å². The van der Waals surface area contributed by atoms with Gasteiger partial charge in [-0.05, 0) is 0 Å². The number of hydrogen-bond acceptors (Lipinski definition) is 2. The van der Waals surface area contributed by atoms with Crippen LogP contribution in [-0.2, 0) is 0 Å². The molecule has 2 nitrogen and oxygen atoms in total. The van der Waals surface area contributed by atoms with Crippen LogP contribution in [0.2, 0.25) is 4.97 Å². The summed E-state index contributed by atoms with van der Waals surface area (Å²) >= 11 is 4.86. The molecule has 5 heteroatoms. The van der Waals surface area contributed by atoms with E-state index in [-0.39, 0.29) is 11.5 Å². The molecule has 2 N–H and O–H groups in total. The minimum absolute atomic E-state index is 0.168. The Morgan fingerprint density at radius 1 is 1.15 bits per heavy atom. The van der Waals surface area contributed by atoms with Crippen LogP contribution >= 0.6 is 37.4 Å². The van der Waals surface area contributed by atoms with Crippen molar-refractivity contribution in [3.8, 4) is 11.5 Å². The van der Waals surface area contributed by atoms with E-state index in [0.717, 1.165) is 9.17 Å². The normalized spacial score (nSPS) is 12.9. The number of halogens is 2. The zero-order valence-electron chi connectivity index (χ0n) is 7.21. The first-order valence-corrected chi connectivity index (χ1v) is 20.6. The van der Waals surface area contributed by atoms with Gasteiger partial charge < -0.3 is 0 Å². The van der Waals surface area contributed by atoms with Gasteiger partial charge in [0.25, 0.3) is 0 Å². The number of benzene rings is 1. The third-order valence-corrected chi connectivity index (χ3v) is 11.2. The van der Waals surface area contributed by atoms with E-state index in [0.29, 0.717) is 0 Å². The van der Waals surface area contributed by atoms with E-state index < -0.39 is 10.3 Å². The van der Waals surface area contributed by atoms with Gasteiger partial charge in [0.15, 0.2) is 0 Å². The molecule has 13 heavy (non-hydrogen) atoms. The van der Waals surface area contributed by atoms with Crippen LogP contribution in [0.15, 0.2) is 12.1 Å². The number of phenols is 2. The van der Waals surface area contributed by atoms with Gasteiger partial charge in [0.2, 0.25) is 0 Å². The average Bonchev–Trinajstić information content (AvgIpc) is 1.94. The van der Waals surface area contributed by atoms with Gasteiger partial charge >= 0.3 is 103 Å². The van der Waals surface area contributed by atoms with E-state index in [1.165, 1.54) is 6.07 Å². The molecule has 0 fully saturated rings. The summed E-state index contributed by atoms with van der Waals surface area (Å²) in [5, 5.41) is 19.0. The summed E-state index contributed by atoms with van der Waals surface area (Å²) in [6.45, 7) is 1.85. The monoisotopic (exact) mass is 522 g/mol. The molecule has 0 saturated heterocycles. The molecule has 0 spiro atoms. The van der Waals surface area contributed by atoms with Crippen LogP contribution < -0.4 is 3.61 Å². The Kier molecular flexibility index (Phi) is 4.01. The van der Waals surface area contributed by atoms with E-state index in [2.05, 4.69) is 42.4 Å². The predicted molar refractivity (Wildman–Crippen MR) is 73.8 cm³/mol. The second-order valence-corrected chi connectivity index (χ2v) is 43.2. The summed E-state index contributed by atoms with van der Waals surface area (Å²) in [6.07, 6.45) is 0. The van der Waals surface area contributed by atoms with Gasteiger partial charge in [0, 0.05) is 0 Å². The molecule has 0 atom stereocenters. The zero-order chi connectivity index (χ0) is 10.2. The molecule has 0 aliphatic carbocycles. The Morgan fingerprint density at radius 2 is 1.69 bits per heavy atom. The van der Waals surface area contributed by atoms with Gasteiger partial charge in [0.05, 0.1) is 0 Å². The van der Waals surface area contributed by atoms with Crippen molar-refractivity contribution in [3.05, 3.63) is 17.7 Å². The van der Waals surface area contributed by atoms with Crippen LogP contribution in [0.4, 0.5) is 0 Å². The molecule has 1 rings (SSSR count). The number of aromatic hydroxyl groups is 2. The fraction of sp³-hybridized carbons (Fsp3) is 0.250. The van der Waals surface area contributed by atoms with Gasteiger partial charge in [0.1, 0.15) is 0 Å². The van der Waals surface area contributed by atoms with Gasteiger partial charge in [-0.1, -0.05) is 0 Å². The van der Waals surface area contributed by atoms with E-state index in [1.807, 2.05) is 13.0 Å². The maximum absolute atomic E-state index is 9.63. The summed E-state index contributed by atoms with van der Waals surface area (Å²) in [7, 11) is -2.07. The number of aryl methyl sites for hydroxylation is 1. The van der Waals surface area contributed by atoms with Crippen molar-refractivity contribution in [1.29, 1.82) is 0 Å². The topological polar surface area (TPSA) is 40.5 Å². The van der Waals surface area contributed by atoms with E-state index in [1.54, 1.807) is 0 Å². The number of hydrogen-bond donors (Lipinski definition) is 2. The second-order valence-electron chi connectivity index (χ2n) is 2.83. The average molecular weight is 520 g/mol. The molecule has 0 amide bonds. The Labute approximate surface area is 101 Å². The van der Waals surface area contributed by atoms with Crippen molar-refractivity contribution in [2.45, 2.75) is 11.9 Å². The quantitative estimate of drug-likeness (QED) is 0.443. The fourth-order valence-corrected chi connectivity index (χ4v) is 7.99. The van der Waals surface area contributed by atoms with Gasteiger partial charge in [-0.15, -0.1) is 0 Å². The Hall–Kier alpha value is 1.07. The van der Waals surface area contributed by atoms with Crippen LogP contribution in [-0.4, -0.2) is 20.5 Å².